The van der Waals surface area contributed by atoms with Crippen molar-refractivity contribution < 1.29 is 9.53 Å². The maximum Gasteiger partial charge on any atom is 0.274 e. The summed E-state index contributed by atoms with van der Waals surface area (Å²) in [4.78, 5) is 22.9. The molecule has 0 saturated heterocycles. The third-order valence-corrected chi connectivity index (χ3v) is 3.69. The molecule has 0 aliphatic rings. The fraction of sp³-hybridized carbons (Fsp3) is 0.211. The van der Waals surface area contributed by atoms with Gasteiger partial charge < -0.3 is 15.0 Å². The van der Waals surface area contributed by atoms with Gasteiger partial charge in [0.2, 0.25) is 5.88 Å². The molecule has 0 saturated carbocycles. The average molecular weight is 351 g/mol. The molecule has 0 aliphatic heterocycles. The van der Waals surface area contributed by atoms with Gasteiger partial charge in [0.1, 0.15) is 12.3 Å². The minimum absolute atomic E-state index is 0.253. The van der Waals surface area contributed by atoms with Crippen molar-refractivity contribution in [1.29, 1.82) is 0 Å². The predicted molar refractivity (Wildman–Crippen MR) is 99.8 cm³/mol. The number of likely N-dealkylation sites (N-methyl/N-ethyl adjacent to an activating group) is 1. The van der Waals surface area contributed by atoms with E-state index in [-0.39, 0.29) is 5.91 Å². The smallest absolute Gasteiger partial charge is 0.274 e. The van der Waals surface area contributed by atoms with Crippen LogP contribution >= 0.6 is 0 Å². The topological polar surface area (TPSA) is 72.3 Å². The van der Waals surface area contributed by atoms with Crippen LogP contribution in [0.4, 0.5) is 5.69 Å². The molecule has 0 radical (unpaired) electrons. The standard InChI is InChI=1S/C19H21N5O2/c1-23(2)10-11-26-18-12-15(8-9-21-18)22-19(25)17-13-20-14-24(17)16-6-4-3-5-7-16/h3-9,12-14H,10-11H2,1-2H3,(H,21,22,25). The number of imidazole rings is 1. The number of anilines is 1. The highest BCUT2D eigenvalue weighted by molar-refractivity contribution is 6.03. The number of nitrogens with zero attached hydrogens (tertiary/aromatic N) is 4. The van der Waals surface area contributed by atoms with E-state index in [9.17, 15) is 4.79 Å². The van der Waals surface area contributed by atoms with Crippen LogP contribution in [0.2, 0.25) is 0 Å². The van der Waals surface area contributed by atoms with Crippen LogP contribution < -0.4 is 10.1 Å². The van der Waals surface area contributed by atoms with Crippen LogP contribution in [0.5, 0.6) is 5.88 Å². The Morgan fingerprint density at radius 3 is 2.81 bits per heavy atom. The first kappa shape index (κ1) is 17.6. The van der Waals surface area contributed by atoms with Gasteiger partial charge in [0.15, 0.2) is 0 Å². The normalized spacial score (nSPS) is 10.7. The number of rotatable bonds is 7. The van der Waals surface area contributed by atoms with E-state index in [1.54, 1.807) is 29.2 Å². The summed E-state index contributed by atoms with van der Waals surface area (Å²) >= 11 is 0. The number of benzene rings is 1. The molecule has 1 aromatic carbocycles. The van der Waals surface area contributed by atoms with E-state index in [2.05, 4.69) is 15.3 Å². The molecule has 1 N–H and O–H groups in total. The van der Waals surface area contributed by atoms with Gasteiger partial charge in [0, 0.05) is 30.2 Å². The first-order valence-corrected chi connectivity index (χ1v) is 8.26. The molecule has 0 aliphatic carbocycles. The lowest BCUT2D eigenvalue weighted by molar-refractivity contribution is 0.102. The van der Waals surface area contributed by atoms with Crippen LogP contribution in [0.15, 0.2) is 61.2 Å². The summed E-state index contributed by atoms with van der Waals surface area (Å²) in [5.41, 5.74) is 1.94. The maximum atomic E-state index is 12.6. The summed E-state index contributed by atoms with van der Waals surface area (Å²) in [5, 5.41) is 2.86. The van der Waals surface area contributed by atoms with Crippen molar-refractivity contribution in [3.05, 3.63) is 66.9 Å². The third-order valence-electron chi connectivity index (χ3n) is 3.69. The first-order chi connectivity index (χ1) is 12.6. The van der Waals surface area contributed by atoms with E-state index in [0.717, 1.165) is 12.2 Å². The Balaban J connectivity index is 1.70. The number of carbonyl (C=O) groups is 1. The van der Waals surface area contributed by atoms with Crippen LogP contribution in [-0.2, 0) is 0 Å². The van der Waals surface area contributed by atoms with Crippen molar-refractivity contribution in [3.8, 4) is 11.6 Å². The quantitative estimate of drug-likeness (QED) is 0.708. The predicted octanol–water partition coefficient (Wildman–Crippen LogP) is 2.46. The Labute approximate surface area is 152 Å². The molecule has 0 fully saturated rings. The van der Waals surface area contributed by atoms with E-state index >= 15 is 0 Å². The van der Waals surface area contributed by atoms with E-state index in [1.165, 1.54) is 6.20 Å². The largest absolute Gasteiger partial charge is 0.476 e. The zero-order valence-corrected chi connectivity index (χ0v) is 14.8. The Morgan fingerprint density at radius 1 is 1.23 bits per heavy atom. The lowest BCUT2D eigenvalue weighted by atomic mass is 10.3. The zero-order valence-electron chi connectivity index (χ0n) is 14.8. The van der Waals surface area contributed by atoms with Gasteiger partial charge in [0.25, 0.3) is 5.91 Å². The summed E-state index contributed by atoms with van der Waals surface area (Å²) in [6, 6.07) is 13.0. The van der Waals surface area contributed by atoms with E-state index in [4.69, 9.17) is 4.74 Å². The van der Waals surface area contributed by atoms with Gasteiger partial charge in [-0.05, 0) is 32.3 Å². The summed E-state index contributed by atoms with van der Waals surface area (Å²) in [7, 11) is 3.95. The molecule has 0 unspecified atom stereocenters. The highest BCUT2D eigenvalue weighted by Crippen LogP contribution is 2.16. The number of para-hydroxylation sites is 1. The molecule has 0 atom stereocenters. The highest BCUT2D eigenvalue weighted by Gasteiger charge is 2.13. The molecule has 7 heteroatoms. The summed E-state index contributed by atoms with van der Waals surface area (Å²) in [6.45, 7) is 1.31. The molecule has 26 heavy (non-hydrogen) atoms. The molecule has 2 heterocycles. The van der Waals surface area contributed by atoms with E-state index in [1.807, 2.05) is 49.3 Å². The Hall–Kier alpha value is -3.19. The fourth-order valence-electron chi connectivity index (χ4n) is 2.35. The van der Waals surface area contributed by atoms with Crippen molar-refractivity contribution in [2.24, 2.45) is 0 Å². The lowest BCUT2D eigenvalue weighted by Crippen LogP contribution is -2.20. The first-order valence-electron chi connectivity index (χ1n) is 8.26. The molecule has 1 amide bonds. The Kier molecular flexibility index (Phi) is 5.60. The van der Waals surface area contributed by atoms with Crippen LogP contribution in [0, 0.1) is 0 Å². The van der Waals surface area contributed by atoms with Gasteiger partial charge in [0.05, 0.1) is 12.5 Å². The number of aromatic nitrogens is 3. The second-order valence-corrected chi connectivity index (χ2v) is 5.97. The summed E-state index contributed by atoms with van der Waals surface area (Å²) in [6.07, 6.45) is 4.76. The number of hydrogen-bond donors (Lipinski definition) is 1. The van der Waals surface area contributed by atoms with Gasteiger partial charge in [-0.3, -0.25) is 9.36 Å². The van der Waals surface area contributed by atoms with Crippen molar-refractivity contribution >= 4 is 11.6 Å². The fourth-order valence-corrected chi connectivity index (χ4v) is 2.35. The summed E-state index contributed by atoms with van der Waals surface area (Å²) < 4.78 is 7.34. The maximum absolute atomic E-state index is 12.6. The Morgan fingerprint density at radius 2 is 2.04 bits per heavy atom. The second-order valence-electron chi connectivity index (χ2n) is 5.97. The van der Waals surface area contributed by atoms with Crippen molar-refractivity contribution in [2.75, 3.05) is 32.6 Å². The number of ether oxygens (including phenoxy) is 1. The lowest BCUT2D eigenvalue weighted by Gasteiger charge is -2.12. The molecule has 7 nitrogen and oxygen atoms in total. The van der Waals surface area contributed by atoms with Crippen LogP contribution in [0.3, 0.4) is 0 Å². The molecular weight excluding hydrogens is 330 g/mol. The SMILES string of the molecule is CN(C)CCOc1cc(NC(=O)c2cncn2-c2ccccc2)ccn1. The van der Waals surface area contributed by atoms with Crippen molar-refractivity contribution in [1.82, 2.24) is 19.4 Å². The van der Waals surface area contributed by atoms with Crippen molar-refractivity contribution in [3.63, 3.8) is 0 Å². The summed E-state index contributed by atoms with van der Waals surface area (Å²) in [5.74, 6) is 0.220. The van der Waals surface area contributed by atoms with Gasteiger partial charge in [-0.2, -0.15) is 0 Å². The minimum atomic E-state index is -0.253. The number of amides is 1. The molecule has 134 valence electrons. The van der Waals surface area contributed by atoms with Crippen molar-refractivity contribution in [2.45, 2.75) is 0 Å². The molecule has 2 aromatic heterocycles. The third kappa shape index (κ3) is 4.46. The molecule has 3 rings (SSSR count). The van der Waals surface area contributed by atoms with Crippen LogP contribution in [-0.4, -0.2) is 52.6 Å². The van der Waals surface area contributed by atoms with E-state index < -0.39 is 0 Å². The van der Waals surface area contributed by atoms with Gasteiger partial charge in [-0.15, -0.1) is 0 Å². The van der Waals surface area contributed by atoms with Gasteiger partial charge >= 0.3 is 0 Å². The van der Waals surface area contributed by atoms with E-state index in [0.29, 0.717) is 23.9 Å². The Bertz CT molecular complexity index is 861. The molecule has 3 aromatic rings. The number of pyridine rings is 1. The number of nitrogens with one attached hydrogen (secondary N) is 1. The number of carbonyl (C=O) groups excluding carboxylic acids is 1. The average Bonchev–Trinajstić information content (AvgIpc) is 3.12. The van der Waals surface area contributed by atoms with Gasteiger partial charge in [-0.1, -0.05) is 18.2 Å². The second kappa shape index (κ2) is 8.26. The van der Waals surface area contributed by atoms with Gasteiger partial charge in [-0.25, -0.2) is 9.97 Å². The minimum Gasteiger partial charge on any atom is -0.476 e. The highest BCUT2D eigenvalue weighted by atomic mass is 16.5. The van der Waals surface area contributed by atoms with Crippen LogP contribution in [0.25, 0.3) is 5.69 Å². The molecular formula is C19H21N5O2. The number of hydrogen-bond acceptors (Lipinski definition) is 5. The molecule has 0 spiro atoms. The monoisotopic (exact) mass is 351 g/mol. The van der Waals surface area contributed by atoms with Crippen LogP contribution in [0.1, 0.15) is 10.5 Å². The zero-order chi connectivity index (χ0) is 18.4. The molecule has 0 bridgehead atoms.